The number of ether oxygens (including phenoxy) is 2. The van der Waals surface area contributed by atoms with Crippen molar-refractivity contribution in [3.8, 4) is 11.5 Å². The minimum atomic E-state index is -0.530. The molecule has 1 fully saturated rings. The quantitative estimate of drug-likeness (QED) is 0.197. The Morgan fingerprint density at radius 2 is 1.74 bits per heavy atom. The minimum Gasteiger partial charge on any atom is -0.497 e. The second kappa shape index (κ2) is 13.0. The van der Waals surface area contributed by atoms with Gasteiger partial charge in [0, 0.05) is 18.7 Å². The van der Waals surface area contributed by atoms with E-state index in [0.29, 0.717) is 24.0 Å². The lowest BCUT2D eigenvalue weighted by Gasteiger charge is -2.16. The number of amides is 2. The van der Waals surface area contributed by atoms with Gasteiger partial charge in [-0.05, 0) is 61.9 Å². The lowest BCUT2D eigenvalue weighted by molar-refractivity contribution is -0.121. The zero-order valence-electron chi connectivity index (χ0n) is 20.1. The normalized spacial score (nSPS) is 16.1. The van der Waals surface area contributed by atoms with Crippen LogP contribution in [0.5, 0.6) is 11.5 Å². The fourth-order valence-corrected chi connectivity index (χ4v) is 4.64. The summed E-state index contributed by atoms with van der Waals surface area (Å²) in [6.45, 7) is 5.33. The van der Waals surface area contributed by atoms with Crippen molar-refractivity contribution in [1.29, 1.82) is 0 Å². The molecule has 0 bridgehead atoms. The summed E-state index contributed by atoms with van der Waals surface area (Å²) in [4.78, 5) is 31.6. The molecule has 3 rings (SSSR count). The molecule has 0 saturated carbocycles. The molecule has 0 aromatic heterocycles. The Morgan fingerprint density at radius 3 is 2.38 bits per heavy atom. The monoisotopic (exact) mass is 483 g/mol. The van der Waals surface area contributed by atoms with E-state index in [-0.39, 0.29) is 18.2 Å². The van der Waals surface area contributed by atoms with E-state index in [4.69, 9.17) is 9.47 Å². The predicted molar refractivity (Wildman–Crippen MR) is 139 cm³/mol. The molecular weight excluding hydrogens is 450 g/mol. The van der Waals surface area contributed by atoms with Crippen LogP contribution in [0.3, 0.4) is 0 Å². The number of imide groups is 1. The van der Waals surface area contributed by atoms with Crippen molar-refractivity contribution >= 4 is 40.1 Å². The van der Waals surface area contributed by atoms with E-state index < -0.39 is 5.25 Å². The van der Waals surface area contributed by atoms with Crippen LogP contribution in [-0.4, -0.2) is 42.5 Å². The second-order valence-electron chi connectivity index (χ2n) is 7.91. The average molecular weight is 484 g/mol. The number of hydrogen-bond donors (Lipinski definition) is 1. The van der Waals surface area contributed by atoms with Crippen LogP contribution >= 0.6 is 11.8 Å². The first-order valence-electron chi connectivity index (χ1n) is 11.8. The summed E-state index contributed by atoms with van der Waals surface area (Å²) in [5.41, 5.74) is 1.40. The van der Waals surface area contributed by atoms with Crippen molar-refractivity contribution < 1.29 is 19.1 Å². The predicted octanol–water partition coefficient (Wildman–Crippen LogP) is 5.51. The maximum atomic E-state index is 13.1. The van der Waals surface area contributed by atoms with Crippen LogP contribution in [-0.2, 0) is 9.59 Å². The first-order valence-corrected chi connectivity index (χ1v) is 12.7. The van der Waals surface area contributed by atoms with Gasteiger partial charge in [0.25, 0.3) is 0 Å². The molecule has 1 N–H and O–H groups in total. The molecule has 1 aliphatic heterocycles. The number of rotatable bonds is 11. The van der Waals surface area contributed by atoms with Crippen LogP contribution in [0.1, 0.15) is 46.0 Å². The van der Waals surface area contributed by atoms with Gasteiger partial charge in [-0.3, -0.25) is 14.6 Å². The van der Waals surface area contributed by atoms with Gasteiger partial charge in [-0.2, -0.15) is 0 Å². The van der Waals surface area contributed by atoms with Gasteiger partial charge in [0.15, 0.2) is 5.17 Å². The number of carbonyl (C=O) groups excluding carboxylic acids is 2. The number of thioether (sulfide) groups is 1. The number of carbonyl (C=O) groups is 2. The van der Waals surface area contributed by atoms with Gasteiger partial charge in [0.1, 0.15) is 16.7 Å². The number of amidine groups is 1. The minimum absolute atomic E-state index is 0.131. The molecule has 0 aliphatic carbocycles. The Morgan fingerprint density at radius 1 is 1.03 bits per heavy atom. The molecule has 1 saturated heterocycles. The summed E-state index contributed by atoms with van der Waals surface area (Å²) < 4.78 is 11.0. The number of nitrogens with one attached hydrogen (secondary N) is 1. The Bertz CT molecular complexity index is 977. The molecule has 1 heterocycles. The van der Waals surface area contributed by atoms with Crippen molar-refractivity contribution in [3.63, 3.8) is 0 Å². The molecule has 1 atom stereocenters. The van der Waals surface area contributed by atoms with Gasteiger partial charge in [-0.25, -0.2) is 4.90 Å². The van der Waals surface area contributed by atoms with Crippen molar-refractivity contribution in [3.05, 3.63) is 48.5 Å². The highest BCUT2D eigenvalue weighted by Gasteiger charge is 2.40. The third kappa shape index (κ3) is 7.00. The number of unbranched alkanes of at least 4 members (excludes halogenated alkanes) is 3. The van der Waals surface area contributed by atoms with Crippen molar-refractivity contribution in [2.24, 2.45) is 4.99 Å². The van der Waals surface area contributed by atoms with Crippen LogP contribution in [0.25, 0.3) is 0 Å². The number of nitrogens with zero attached hydrogens (tertiary/aromatic N) is 2. The molecule has 34 heavy (non-hydrogen) atoms. The molecule has 7 nitrogen and oxygen atoms in total. The summed E-state index contributed by atoms with van der Waals surface area (Å²) in [7, 11) is 1.62. The third-order valence-electron chi connectivity index (χ3n) is 5.36. The van der Waals surface area contributed by atoms with E-state index in [1.807, 2.05) is 43.3 Å². The average Bonchev–Trinajstić information content (AvgIpc) is 3.12. The van der Waals surface area contributed by atoms with Crippen molar-refractivity contribution in [1.82, 2.24) is 0 Å². The lowest BCUT2D eigenvalue weighted by atomic mass is 10.2. The van der Waals surface area contributed by atoms with Gasteiger partial charge in [0.05, 0.1) is 19.4 Å². The Kier molecular flexibility index (Phi) is 9.82. The zero-order chi connectivity index (χ0) is 24.3. The third-order valence-corrected chi connectivity index (χ3v) is 6.47. The fraction of sp³-hybridized carbons (Fsp3) is 0.423. The smallest absolute Gasteiger partial charge is 0.247 e. The van der Waals surface area contributed by atoms with Gasteiger partial charge in [0.2, 0.25) is 11.8 Å². The maximum absolute atomic E-state index is 13.1. The van der Waals surface area contributed by atoms with Gasteiger partial charge in [-0.15, -0.1) is 0 Å². The summed E-state index contributed by atoms with van der Waals surface area (Å²) in [5, 5.41) is 3.32. The molecular formula is C26H33N3O4S. The number of aliphatic imine (C=N–C) groups is 1. The van der Waals surface area contributed by atoms with Crippen molar-refractivity contribution in [2.45, 2.75) is 51.2 Å². The van der Waals surface area contributed by atoms with Crippen LogP contribution in [0.2, 0.25) is 0 Å². The summed E-state index contributed by atoms with van der Waals surface area (Å²) in [5.74, 6) is 1.05. The Hall–Kier alpha value is -3.00. The molecule has 1 unspecified atom stereocenters. The number of anilines is 2. The van der Waals surface area contributed by atoms with E-state index in [9.17, 15) is 9.59 Å². The van der Waals surface area contributed by atoms with Crippen LogP contribution in [0.4, 0.5) is 11.4 Å². The van der Waals surface area contributed by atoms with Gasteiger partial charge in [-0.1, -0.05) is 37.9 Å². The van der Waals surface area contributed by atoms with Crippen LogP contribution in [0, 0.1) is 0 Å². The fourth-order valence-electron chi connectivity index (χ4n) is 3.56. The highest BCUT2D eigenvalue weighted by molar-refractivity contribution is 8.15. The lowest BCUT2D eigenvalue weighted by Crippen LogP contribution is -2.31. The summed E-state index contributed by atoms with van der Waals surface area (Å²) in [6, 6.07) is 14.6. The maximum Gasteiger partial charge on any atom is 0.247 e. The molecule has 182 valence electrons. The van der Waals surface area contributed by atoms with Crippen LogP contribution in [0.15, 0.2) is 53.5 Å². The number of methoxy groups -OCH3 is 1. The van der Waals surface area contributed by atoms with Crippen molar-refractivity contribution in [2.75, 3.05) is 30.5 Å². The van der Waals surface area contributed by atoms with E-state index in [2.05, 4.69) is 17.2 Å². The molecule has 2 aromatic carbocycles. The van der Waals surface area contributed by atoms with Gasteiger partial charge < -0.3 is 14.8 Å². The Labute approximate surface area is 205 Å². The SMILES string of the molecule is CCCCCCOc1ccc(N2C(=O)CC(SC(=NCC)Nc3ccc(OC)cc3)C2=O)cc1. The van der Waals surface area contributed by atoms with Crippen LogP contribution < -0.4 is 19.7 Å². The largest absolute Gasteiger partial charge is 0.497 e. The highest BCUT2D eigenvalue weighted by atomic mass is 32.2. The molecule has 2 amide bonds. The number of hydrogen-bond acceptors (Lipinski definition) is 6. The topological polar surface area (TPSA) is 80.2 Å². The summed E-state index contributed by atoms with van der Waals surface area (Å²) >= 11 is 1.28. The Balaban J connectivity index is 1.60. The molecule has 0 spiro atoms. The molecule has 1 aliphatic rings. The van der Waals surface area contributed by atoms with Gasteiger partial charge >= 0.3 is 0 Å². The van der Waals surface area contributed by atoms with E-state index in [0.717, 1.165) is 30.0 Å². The second-order valence-corrected chi connectivity index (χ2v) is 9.11. The summed E-state index contributed by atoms with van der Waals surface area (Å²) in [6.07, 6.45) is 4.70. The van der Waals surface area contributed by atoms with E-state index >= 15 is 0 Å². The van der Waals surface area contributed by atoms with E-state index in [1.165, 1.54) is 29.5 Å². The molecule has 8 heteroatoms. The number of benzene rings is 2. The standard InChI is InChI=1S/C26H33N3O4S/c1-4-6-7-8-17-33-22-15-11-20(12-16-22)29-24(30)18-23(25(29)31)34-26(27-5-2)28-19-9-13-21(32-3)14-10-19/h9-16,23H,4-8,17-18H2,1-3H3,(H,27,28). The first kappa shape index (κ1) is 25.6. The van der Waals surface area contributed by atoms with E-state index in [1.54, 1.807) is 19.2 Å². The molecule has 2 aromatic rings. The molecule has 0 radical (unpaired) electrons. The zero-order valence-corrected chi connectivity index (χ0v) is 20.9. The highest BCUT2D eigenvalue weighted by Crippen LogP contribution is 2.32. The first-order chi connectivity index (χ1) is 16.5.